The Bertz CT molecular complexity index is 479. The van der Waals surface area contributed by atoms with Gasteiger partial charge < -0.3 is 10.3 Å². The van der Waals surface area contributed by atoms with Crippen LogP contribution in [0.5, 0.6) is 0 Å². The van der Waals surface area contributed by atoms with Gasteiger partial charge in [-0.2, -0.15) is 4.98 Å². The van der Waals surface area contributed by atoms with Crippen molar-refractivity contribution in [1.29, 1.82) is 0 Å². The highest BCUT2D eigenvalue weighted by molar-refractivity contribution is 5.18. The molecular weight excluding hydrogens is 226 g/mol. The summed E-state index contributed by atoms with van der Waals surface area (Å²) < 4.78 is 5.31. The maximum absolute atomic E-state index is 5.91. The van der Waals surface area contributed by atoms with Crippen LogP contribution in [0.4, 0.5) is 0 Å². The molecule has 0 amide bonds. The highest BCUT2D eigenvalue weighted by atomic mass is 16.5. The maximum Gasteiger partial charge on any atom is 0.231 e. The van der Waals surface area contributed by atoms with Crippen LogP contribution in [0.1, 0.15) is 43.5 Å². The van der Waals surface area contributed by atoms with Crippen LogP contribution in [0.25, 0.3) is 0 Å². The van der Waals surface area contributed by atoms with Gasteiger partial charge in [0.15, 0.2) is 5.82 Å². The molecule has 0 bridgehead atoms. The summed E-state index contributed by atoms with van der Waals surface area (Å²) in [7, 11) is 0. The Kier molecular flexibility index (Phi) is 4.10. The Morgan fingerprint density at radius 2 is 2.00 bits per heavy atom. The van der Waals surface area contributed by atoms with Gasteiger partial charge in [0.2, 0.25) is 5.89 Å². The lowest BCUT2D eigenvalue weighted by atomic mass is 9.99. The van der Waals surface area contributed by atoms with Crippen molar-refractivity contribution in [1.82, 2.24) is 10.1 Å². The van der Waals surface area contributed by atoms with Gasteiger partial charge in [0.05, 0.1) is 5.92 Å². The van der Waals surface area contributed by atoms with E-state index in [1.165, 1.54) is 5.56 Å². The minimum atomic E-state index is 0.0278. The molecule has 1 aromatic heterocycles. The van der Waals surface area contributed by atoms with E-state index in [1.807, 2.05) is 25.1 Å². The van der Waals surface area contributed by atoms with Crippen molar-refractivity contribution in [3.63, 3.8) is 0 Å². The maximum atomic E-state index is 5.91. The van der Waals surface area contributed by atoms with E-state index in [2.05, 4.69) is 29.2 Å². The number of hydrogen-bond acceptors (Lipinski definition) is 4. The first-order valence-corrected chi connectivity index (χ1v) is 6.32. The van der Waals surface area contributed by atoms with E-state index in [4.69, 9.17) is 10.3 Å². The highest BCUT2D eigenvalue weighted by Gasteiger charge is 2.20. The predicted molar refractivity (Wildman–Crippen MR) is 70.2 cm³/mol. The number of hydrogen-bond donors (Lipinski definition) is 1. The summed E-state index contributed by atoms with van der Waals surface area (Å²) in [5.74, 6) is 1.51. The number of aromatic nitrogens is 2. The van der Waals surface area contributed by atoms with Crippen LogP contribution >= 0.6 is 0 Å². The quantitative estimate of drug-likeness (QED) is 0.879. The van der Waals surface area contributed by atoms with Gasteiger partial charge >= 0.3 is 0 Å². The van der Waals surface area contributed by atoms with Gasteiger partial charge in [-0.25, -0.2) is 0 Å². The van der Waals surface area contributed by atoms with Crippen molar-refractivity contribution in [2.45, 2.75) is 38.6 Å². The molecule has 2 N–H and O–H groups in total. The lowest BCUT2D eigenvalue weighted by Crippen LogP contribution is -2.24. The Labute approximate surface area is 107 Å². The van der Waals surface area contributed by atoms with E-state index < -0.39 is 0 Å². The molecule has 1 aromatic carbocycles. The summed E-state index contributed by atoms with van der Waals surface area (Å²) in [5.41, 5.74) is 7.09. The molecule has 0 aliphatic rings. The average molecular weight is 245 g/mol. The molecule has 4 heteroatoms. The van der Waals surface area contributed by atoms with E-state index in [0.29, 0.717) is 12.3 Å². The third-order valence-corrected chi connectivity index (χ3v) is 3.08. The Morgan fingerprint density at radius 1 is 1.28 bits per heavy atom. The minimum absolute atomic E-state index is 0.0278. The second-order valence-electron chi connectivity index (χ2n) is 4.59. The normalized spacial score (nSPS) is 14.4. The van der Waals surface area contributed by atoms with Gasteiger partial charge in [0, 0.05) is 12.5 Å². The predicted octanol–water partition coefficient (Wildman–Crippen LogP) is 2.50. The average Bonchev–Trinajstić information content (AvgIpc) is 2.79. The van der Waals surface area contributed by atoms with Crippen LogP contribution in [-0.4, -0.2) is 16.2 Å². The van der Waals surface area contributed by atoms with Gasteiger partial charge in [-0.15, -0.1) is 0 Å². The molecule has 18 heavy (non-hydrogen) atoms. The molecule has 0 fully saturated rings. The molecule has 0 saturated carbocycles. The molecule has 0 aliphatic heterocycles. The fraction of sp³-hybridized carbons (Fsp3) is 0.429. The van der Waals surface area contributed by atoms with Gasteiger partial charge in [-0.3, -0.25) is 0 Å². The van der Waals surface area contributed by atoms with Gasteiger partial charge in [-0.05, 0) is 18.9 Å². The largest absolute Gasteiger partial charge is 0.339 e. The van der Waals surface area contributed by atoms with E-state index in [-0.39, 0.29) is 12.0 Å². The number of nitrogens with two attached hydrogens (primary N) is 1. The highest BCUT2D eigenvalue weighted by Crippen LogP contribution is 2.20. The van der Waals surface area contributed by atoms with E-state index in [0.717, 1.165) is 12.2 Å². The van der Waals surface area contributed by atoms with E-state index >= 15 is 0 Å². The van der Waals surface area contributed by atoms with E-state index in [1.54, 1.807) is 0 Å². The van der Waals surface area contributed by atoms with Crippen molar-refractivity contribution in [2.24, 2.45) is 5.73 Å². The SMILES string of the molecule is CCC(c1nc(Cc2ccccc2)no1)C(C)N. The van der Waals surface area contributed by atoms with Gasteiger partial charge in [0.25, 0.3) is 0 Å². The molecule has 2 atom stereocenters. The number of rotatable bonds is 5. The molecule has 2 unspecified atom stereocenters. The van der Waals surface area contributed by atoms with Crippen LogP contribution in [0.3, 0.4) is 0 Å². The number of nitrogens with zero attached hydrogens (tertiary/aromatic N) is 2. The molecule has 0 spiro atoms. The lowest BCUT2D eigenvalue weighted by molar-refractivity contribution is 0.331. The van der Waals surface area contributed by atoms with Crippen LogP contribution < -0.4 is 5.73 Å². The van der Waals surface area contributed by atoms with Gasteiger partial charge in [-0.1, -0.05) is 42.4 Å². The van der Waals surface area contributed by atoms with Crippen LogP contribution in [0, 0.1) is 0 Å². The monoisotopic (exact) mass is 245 g/mol. The molecule has 2 aromatic rings. The van der Waals surface area contributed by atoms with Crippen molar-refractivity contribution in [3.8, 4) is 0 Å². The zero-order valence-corrected chi connectivity index (χ0v) is 10.8. The summed E-state index contributed by atoms with van der Waals surface area (Å²) in [6.45, 7) is 4.05. The first-order chi connectivity index (χ1) is 8.70. The standard InChI is InChI=1S/C14H19N3O/c1-3-12(10(2)15)14-16-13(17-18-14)9-11-7-5-4-6-8-11/h4-8,10,12H,3,9,15H2,1-2H3. The van der Waals surface area contributed by atoms with Gasteiger partial charge in [0.1, 0.15) is 0 Å². The minimum Gasteiger partial charge on any atom is -0.339 e. The second kappa shape index (κ2) is 5.78. The third kappa shape index (κ3) is 2.96. The summed E-state index contributed by atoms with van der Waals surface area (Å²) in [5, 5.41) is 4.02. The molecule has 96 valence electrons. The van der Waals surface area contributed by atoms with Crippen LogP contribution in [-0.2, 0) is 6.42 Å². The zero-order valence-electron chi connectivity index (χ0n) is 10.8. The lowest BCUT2D eigenvalue weighted by Gasteiger charge is -2.13. The van der Waals surface area contributed by atoms with E-state index in [9.17, 15) is 0 Å². The van der Waals surface area contributed by atoms with Crippen LogP contribution in [0.2, 0.25) is 0 Å². The Hall–Kier alpha value is -1.68. The molecule has 0 saturated heterocycles. The van der Waals surface area contributed by atoms with Crippen molar-refractivity contribution in [3.05, 3.63) is 47.6 Å². The Balaban J connectivity index is 2.11. The second-order valence-corrected chi connectivity index (χ2v) is 4.59. The summed E-state index contributed by atoms with van der Waals surface area (Å²) >= 11 is 0. The first-order valence-electron chi connectivity index (χ1n) is 6.32. The number of benzene rings is 1. The molecule has 0 radical (unpaired) electrons. The summed E-state index contributed by atoms with van der Waals surface area (Å²) in [6, 6.07) is 10.1. The molecule has 1 heterocycles. The topological polar surface area (TPSA) is 64.9 Å². The first kappa shape index (κ1) is 12.8. The fourth-order valence-electron chi connectivity index (χ4n) is 2.04. The molecule has 4 nitrogen and oxygen atoms in total. The third-order valence-electron chi connectivity index (χ3n) is 3.08. The molecule has 2 rings (SSSR count). The van der Waals surface area contributed by atoms with Crippen molar-refractivity contribution in [2.75, 3.05) is 0 Å². The summed E-state index contributed by atoms with van der Waals surface area (Å²) in [4.78, 5) is 4.44. The summed E-state index contributed by atoms with van der Waals surface area (Å²) in [6.07, 6.45) is 1.60. The molecule has 0 aliphatic carbocycles. The molecular formula is C14H19N3O. The fourth-order valence-corrected chi connectivity index (χ4v) is 2.04. The van der Waals surface area contributed by atoms with Crippen LogP contribution in [0.15, 0.2) is 34.9 Å². The smallest absolute Gasteiger partial charge is 0.231 e. The zero-order chi connectivity index (χ0) is 13.0. The van der Waals surface area contributed by atoms with Crippen molar-refractivity contribution < 1.29 is 4.52 Å². The van der Waals surface area contributed by atoms with Crippen molar-refractivity contribution >= 4 is 0 Å². The Morgan fingerprint density at radius 3 is 2.61 bits per heavy atom.